The van der Waals surface area contributed by atoms with Gasteiger partial charge in [-0.1, -0.05) is 12.1 Å². The lowest BCUT2D eigenvalue weighted by molar-refractivity contribution is -0.858. The zero-order valence-electron chi connectivity index (χ0n) is 13.8. The molecule has 2 aromatic rings. The third-order valence-electron chi connectivity index (χ3n) is 3.69. The minimum absolute atomic E-state index is 1.10. The Morgan fingerprint density at radius 1 is 1.05 bits per heavy atom. The van der Waals surface area contributed by atoms with Gasteiger partial charge in [0.05, 0.1) is 20.6 Å². The quantitative estimate of drug-likeness (QED) is 0.824. The summed E-state index contributed by atoms with van der Waals surface area (Å²) in [6.07, 6.45) is 7.38. The minimum atomic E-state index is 1.10. The average molecular weight is 297 g/mol. The maximum atomic E-state index is 3.20. The van der Waals surface area contributed by atoms with Crippen LogP contribution in [0.25, 0.3) is 12.2 Å². The molecular weight excluding hydrogens is 270 g/mol. The Kier molecular flexibility index (Phi) is 6.16. The molecule has 1 heterocycles. The van der Waals surface area contributed by atoms with Crippen LogP contribution in [0.5, 0.6) is 0 Å². The second-order valence-electron chi connectivity index (χ2n) is 5.97. The van der Waals surface area contributed by atoms with Crippen molar-refractivity contribution in [3.63, 3.8) is 0 Å². The van der Waals surface area contributed by atoms with Crippen molar-refractivity contribution >= 4 is 17.8 Å². The van der Waals surface area contributed by atoms with Crippen molar-refractivity contribution in [1.29, 1.82) is 0 Å². The molecule has 2 N–H and O–H groups in total. The molecule has 1 aromatic heterocycles. The first kappa shape index (κ1) is 16.2. The molecule has 116 valence electrons. The van der Waals surface area contributed by atoms with E-state index in [2.05, 4.69) is 73.5 Å². The first-order chi connectivity index (χ1) is 10.6. The number of pyridine rings is 1. The van der Waals surface area contributed by atoms with E-state index in [1.807, 2.05) is 18.3 Å². The molecule has 0 radical (unpaired) electrons. The number of aromatic nitrogens is 1. The van der Waals surface area contributed by atoms with Crippen molar-refractivity contribution in [2.45, 2.75) is 6.42 Å². The van der Waals surface area contributed by atoms with Crippen molar-refractivity contribution in [3.8, 4) is 0 Å². The number of aromatic amines is 1. The number of anilines is 1. The van der Waals surface area contributed by atoms with Gasteiger partial charge in [-0.15, -0.1) is 0 Å². The predicted molar refractivity (Wildman–Crippen MR) is 93.9 cm³/mol. The molecule has 0 saturated carbocycles. The Morgan fingerprint density at radius 2 is 1.82 bits per heavy atom. The number of nitrogens with zero attached hydrogens (tertiary/aromatic N) is 1. The first-order valence-corrected chi connectivity index (χ1v) is 7.90. The fourth-order valence-corrected chi connectivity index (χ4v) is 2.34. The van der Waals surface area contributed by atoms with Crippen LogP contribution >= 0.6 is 0 Å². The summed E-state index contributed by atoms with van der Waals surface area (Å²) in [5.41, 5.74) is 3.60. The number of nitrogens with one attached hydrogen (secondary N) is 2. The second kappa shape index (κ2) is 8.35. The lowest BCUT2D eigenvalue weighted by atomic mass is 10.1. The van der Waals surface area contributed by atoms with Gasteiger partial charge in [0.15, 0.2) is 6.20 Å². The highest BCUT2D eigenvalue weighted by Crippen LogP contribution is 2.15. The van der Waals surface area contributed by atoms with Gasteiger partial charge in [0.2, 0.25) is 5.69 Å². The van der Waals surface area contributed by atoms with E-state index >= 15 is 0 Å². The summed E-state index contributed by atoms with van der Waals surface area (Å²) >= 11 is 0. The Hall–Kier alpha value is -2.13. The molecule has 0 unspecified atom stereocenters. The summed E-state index contributed by atoms with van der Waals surface area (Å²) in [5, 5.41) is 0. The van der Waals surface area contributed by atoms with Gasteiger partial charge in [0, 0.05) is 43.9 Å². The molecular formula is C19H27N3+2. The maximum Gasteiger partial charge on any atom is 0.203 e. The summed E-state index contributed by atoms with van der Waals surface area (Å²) < 4.78 is 0. The van der Waals surface area contributed by atoms with Crippen LogP contribution in [0.1, 0.15) is 17.7 Å². The maximum absolute atomic E-state index is 3.20. The monoisotopic (exact) mass is 297 g/mol. The molecule has 1 aromatic carbocycles. The molecule has 0 amide bonds. The molecule has 0 fully saturated rings. The number of rotatable bonds is 7. The smallest absolute Gasteiger partial charge is 0.203 e. The van der Waals surface area contributed by atoms with Crippen molar-refractivity contribution in [3.05, 3.63) is 59.9 Å². The molecule has 22 heavy (non-hydrogen) atoms. The van der Waals surface area contributed by atoms with Gasteiger partial charge < -0.3 is 9.80 Å². The van der Waals surface area contributed by atoms with Crippen LogP contribution in [0.4, 0.5) is 5.69 Å². The molecule has 2 rings (SSSR count). The number of hydrogen-bond donors (Lipinski definition) is 1. The van der Waals surface area contributed by atoms with E-state index in [-0.39, 0.29) is 0 Å². The lowest BCUT2D eigenvalue weighted by Gasteiger charge is -2.19. The van der Waals surface area contributed by atoms with E-state index in [0.29, 0.717) is 0 Å². The van der Waals surface area contributed by atoms with E-state index in [0.717, 1.165) is 12.2 Å². The molecule has 0 bridgehead atoms. The van der Waals surface area contributed by atoms with Gasteiger partial charge in [0.1, 0.15) is 0 Å². The number of benzene rings is 1. The third-order valence-corrected chi connectivity index (χ3v) is 3.69. The zero-order valence-corrected chi connectivity index (χ0v) is 13.8. The zero-order chi connectivity index (χ0) is 15.8. The largest absolute Gasteiger partial charge is 0.374 e. The van der Waals surface area contributed by atoms with E-state index in [4.69, 9.17) is 0 Å². The van der Waals surface area contributed by atoms with E-state index in [1.165, 1.54) is 29.1 Å². The molecule has 3 heteroatoms. The van der Waals surface area contributed by atoms with Crippen molar-refractivity contribution in [2.24, 2.45) is 0 Å². The second-order valence-corrected chi connectivity index (χ2v) is 5.97. The number of quaternary nitrogens is 1. The van der Waals surface area contributed by atoms with Crippen LogP contribution in [0.15, 0.2) is 48.7 Å². The summed E-state index contributed by atoms with van der Waals surface area (Å²) in [6, 6.07) is 14.8. The highest BCUT2D eigenvalue weighted by molar-refractivity contribution is 5.68. The Balaban J connectivity index is 1.91. The highest BCUT2D eigenvalue weighted by Gasteiger charge is 2.02. The van der Waals surface area contributed by atoms with Crippen molar-refractivity contribution in [1.82, 2.24) is 0 Å². The molecule has 0 aliphatic heterocycles. The summed E-state index contributed by atoms with van der Waals surface area (Å²) in [7, 11) is 6.56. The normalized spacial score (nSPS) is 11.3. The molecule has 0 aliphatic carbocycles. The first-order valence-electron chi connectivity index (χ1n) is 7.90. The topological polar surface area (TPSA) is 21.8 Å². The van der Waals surface area contributed by atoms with Crippen LogP contribution in [0.2, 0.25) is 0 Å². The lowest BCUT2D eigenvalue weighted by Crippen LogP contribution is -3.05. The fraction of sp³-hybridized carbons (Fsp3) is 0.316. The number of hydrogen-bond acceptors (Lipinski definition) is 1. The van der Waals surface area contributed by atoms with Crippen molar-refractivity contribution in [2.75, 3.05) is 39.1 Å². The molecule has 0 aliphatic rings. The highest BCUT2D eigenvalue weighted by atomic mass is 15.1. The van der Waals surface area contributed by atoms with Gasteiger partial charge in [-0.05, 0) is 29.8 Å². The fourth-order valence-electron chi connectivity index (χ4n) is 2.34. The van der Waals surface area contributed by atoms with E-state index in [9.17, 15) is 0 Å². The van der Waals surface area contributed by atoms with Gasteiger partial charge in [0.25, 0.3) is 0 Å². The Bertz CT molecular complexity index is 573. The van der Waals surface area contributed by atoms with Gasteiger partial charge in [-0.3, -0.25) is 0 Å². The SMILES string of the molecule is CN(CCC[NH+](C)C)c1ccc(/C=C/c2cccc[nH+]2)cc1. The van der Waals surface area contributed by atoms with Crippen LogP contribution < -0.4 is 14.8 Å². The number of H-pyrrole nitrogens is 1. The van der Waals surface area contributed by atoms with E-state index in [1.54, 1.807) is 0 Å². The van der Waals surface area contributed by atoms with Gasteiger partial charge in [-0.2, -0.15) is 0 Å². The van der Waals surface area contributed by atoms with Gasteiger partial charge in [-0.25, -0.2) is 4.98 Å². The standard InChI is InChI=1S/C19H25N3/c1-21(2)15-6-16-22(3)19-12-9-17(10-13-19)8-11-18-7-4-5-14-20-18/h4-5,7-14H,6,15-16H2,1-3H3/p+2/b11-8+. The average Bonchev–Trinajstić information content (AvgIpc) is 2.54. The molecule has 0 saturated heterocycles. The van der Waals surface area contributed by atoms with Gasteiger partial charge >= 0.3 is 0 Å². The minimum Gasteiger partial charge on any atom is -0.374 e. The van der Waals surface area contributed by atoms with Crippen LogP contribution in [-0.4, -0.2) is 34.2 Å². The predicted octanol–water partition coefficient (Wildman–Crippen LogP) is 1.64. The summed E-state index contributed by atoms with van der Waals surface area (Å²) in [4.78, 5) is 7.03. The molecule has 3 nitrogen and oxygen atoms in total. The summed E-state index contributed by atoms with van der Waals surface area (Å²) in [5.74, 6) is 0. The van der Waals surface area contributed by atoms with E-state index < -0.39 is 0 Å². The van der Waals surface area contributed by atoms with Crippen LogP contribution in [-0.2, 0) is 0 Å². The van der Waals surface area contributed by atoms with Crippen LogP contribution in [0.3, 0.4) is 0 Å². The Morgan fingerprint density at radius 3 is 2.45 bits per heavy atom. The molecule has 0 atom stereocenters. The Labute approximate surface area is 133 Å². The third kappa shape index (κ3) is 5.34. The molecule has 0 spiro atoms. The van der Waals surface area contributed by atoms with Crippen LogP contribution in [0, 0.1) is 0 Å². The summed E-state index contributed by atoms with van der Waals surface area (Å²) in [6.45, 7) is 2.30. The van der Waals surface area contributed by atoms with Crippen molar-refractivity contribution < 1.29 is 9.88 Å².